The van der Waals surface area contributed by atoms with E-state index in [2.05, 4.69) is 35.1 Å². The number of carbonyl (C=O) groups excluding carboxylic acids is 1. The standard InChI is InChI=1S/C19H28O3/c1-14(20)9-12-18-16-11-10-15(13-16)17(18)7-5-3-4-6-8-19(21)22-2/h3,5,9-12,14-18,20H,4,6-8,13H2,1-2H3/b5-3-,12-9?/t14?,15-,16-,17?,18?/m0/s1. The van der Waals surface area contributed by atoms with Crippen LogP contribution in [0.3, 0.4) is 0 Å². The fourth-order valence-electron chi connectivity index (χ4n) is 3.71. The highest BCUT2D eigenvalue weighted by Crippen LogP contribution is 2.50. The fraction of sp³-hybridized carbons (Fsp3) is 0.632. The minimum atomic E-state index is -0.363. The van der Waals surface area contributed by atoms with E-state index < -0.39 is 0 Å². The molecule has 2 rings (SSSR count). The van der Waals surface area contributed by atoms with Gasteiger partial charge in [-0.15, -0.1) is 0 Å². The maximum absolute atomic E-state index is 11.0. The Kier molecular flexibility index (Phi) is 6.44. The lowest BCUT2D eigenvalue weighted by Gasteiger charge is -2.24. The number of hydrogen-bond acceptors (Lipinski definition) is 3. The Labute approximate surface area is 133 Å². The molecule has 0 aromatic rings. The summed E-state index contributed by atoms with van der Waals surface area (Å²) in [5, 5.41) is 9.45. The van der Waals surface area contributed by atoms with E-state index in [-0.39, 0.29) is 12.1 Å². The molecule has 3 nitrogen and oxygen atoms in total. The molecule has 0 radical (unpaired) electrons. The maximum Gasteiger partial charge on any atom is 0.305 e. The molecule has 1 saturated carbocycles. The molecule has 0 heterocycles. The highest BCUT2D eigenvalue weighted by atomic mass is 16.5. The first-order valence-corrected chi connectivity index (χ1v) is 8.38. The Bertz CT molecular complexity index is 448. The van der Waals surface area contributed by atoms with E-state index in [1.807, 2.05) is 6.08 Å². The Morgan fingerprint density at radius 3 is 2.86 bits per heavy atom. The van der Waals surface area contributed by atoms with Crippen molar-refractivity contribution in [1.29, 1.82) is 0 Å². The first-order chi connectivity index (χ1) is 10.6. The van der Waals surface area contributed by atoms with Gasteiger partial charge in [0.25, 0.3) is 0 Å². The summed E-state index contributed by atoms with van der Waals surface area (Å²) < 4.78 is 4.63. The lowest BCUT2D eigenvalue weighted by molar-refractivity contribution is -0.140. The highest BCUT2D eigenvalue weighted by Gasteiger charge is 2.42. The predicted octanol–water partition coefficient (Wildman–Crippen LogP) is 3.65. The topological polar surface area (TPSA) is 46.5 Å². The van der Waals surface area contributed by atoms with Crippen molar-refractivity contribution < 1.29 is 14.6 Å². The fourth-order valence-corrected chi connectivity index (χ4v) is 3.71. The van der Waals surface area contributed by atoms with Crippen LogP contribution in [0.5, 0.6) is 0 Å². The largest absolute Gasteiger partial charge is 0.469 e. The summed E-state index contributed by atoms with van der Waals surface area (Å²) in [6.45, 7) is 1.80. The van der Waals surface area contributed by atoms with E-state index in [0.29, 0.717) is 30.1 Å². The molecular formula is C19H28O3. The van der Waals surface area contributed by atoms with Gasteiger partial charge in [-0.1, -0.05) is 36.5 Å². The Hall–Kier alpha value is -1.35. The maximum atomic E-state index is 11.0. The van der Waals surface area contributed by atoms with Gasteiger partial charge >= 0.3 is 5.97 Å². The summed E-state index contributed by atoms with van der Waals surface area (Å²) in [4.78, 5) is 11.0. The lowest BCUT2D eigenvalue weighted by atomic mass is 9.80. The van der Waals surface area contributed by atoms with E-state index in [4.69, 9.17) is 0 Å². The monoisotopic (exact) mass is 304 g/mol. The van der Waals surface area contributed by atoms with Crippen LogP contribution in [-0.4, -0.2) is 24.3 Å². The average molecular weight is 304 g/mol. The third-order valence-corrected chi connectivity index (χ3v) is 4.85. The molecule has 1 N–H and O–H groups in total. The van der Waals surface area contributed by atoms with Gasteiger partial charge in [0.05, 0.1) is 13.2 Å². The van der Waals surface area contributed by atoms with Crippen LogP contribution in [-0.2, 0) is 9.53 Å². The van der Waals surface area contributed by atoms with Gasteiger partial charge < -0.3 is 9.84 Å². The second kappa shape index (κ2) is 8.33. The second-order valence-corrected chi connectivity index (χ2v) is 6.49. The summed E-state index contributed by atoms with van der Waals surface area (Å²) in [7, 11) is 1.43. The smallest absolute Gasteiger partial charge is 0.305 e. The van der Waals surface area contributed by atoms with Crippen LogP contribution < -0.4 is 0 Å². The zero-order valence-electron chi connectivity index (χ0n) is 13.7. The quantitative estimate of drug-likeness (QED) is 0.423. The number of aliphatic hydroxyl groups is 1. The van der Waals surface area contributed by atoms with Crippen molar-refractivity contribution in [2.45, 2.75) is 45.1 Å². The second-order valence-electron chi connectivity index (χ2n) is 6.49. The van der Waals surface area contributed by atoms with Crippen molar-refractivity contribution in [3.05, 3.63) is 36.5 Å². The van der Waals surface area contributed by atoms with E-state index in [0.717, 1.165) is 19.3 Å². The van der Waals surface area contributed by atoms with Gasteiger partial charge in [-0.05, 0) is 56.3 Å². The number of methoxy groups -OCH3 is 1. The number of ether oxygens (including phenoxy) is 1. The van der Waals surface area contributed by atoms with Gasteiger partial charge in [0, 0.05) is 6.42 Å². The first-order valence-electron chi connectivity index (χ1n) is 8.38. The number of hydrogen-bond donors (Lipinski definition) is 1. The first kappa shape index (κ1) is 17.0. The van der Waals surface area contributed by atoms with Crippen LogP contribution >= 0.6 is 0 Å². The van der Waals surface area contributed by atoms with Gasteiger partial charge in [0.2, 0.25) is 0 Å². The predicted molar refractivity (Wildman–Crippen MR) is 88.2 cm³/mol. The van der Waals surface area contributed by atoms with Gasteiger partial charge in [-0.2, -0.15) is 0 Å². The zero-order valence-corrected chi connectivity index (χ0v) is 13.7. The summed E-state index contributed by atoms with van der Waals surface area (Å²) in [5.41, 5.74) is 0. The Balaban J connectivity index is 1.78. The van der Waals surface area contributed by atoms with Crippen molar-refractivity contribution in [2.24, 2.45) is 23.7 Å². The van der Waals surface area contributed by atoms with Crippen LogP contribution in [0.15, 0.2) is 36.5 Å². The number of rotatable bonds is 8. The van der Waals surface area contributed by atoms with Crippen LogP contribution in [0.1, 0.15) is 39.0 Å². The van der Waals surface area contributed by atoms with E-state index in [9.17, 15) is 9.90 Å². The number of aliphatic hydroxyl groups excluding tert-OH is 1. The third kappa shape index (κ3) is 4.57. The average Bonchev–Trinajstić information content (AvgIpc) is 3.09. The molecule has 0 aliphatic heterocycles. The van der Waals surface area contributed by atoms with Gasteiger partial charge in [0.15, 0.2) is 0 Å². The molecule has 2 aliphatic carbocycles. The van der Waals surface area contributed by atoms with Crippen molar-refractivity contribution in [3.8, 4) is 0 Å². The van der Waals surface area contributed by atoms with Gasteiger partial charge in [0.1, 0.15) is 0 Å². The molecule has 5 atom stereocenters. The molecule has 2 aliphatic rings. The van der Waals surface area contributed by atoms with E-state index in [1.165, 1.54) is 13.5 Å². The van der Waals surface area contributed by atoms with Crippen molar-refractivity contribution in [1.82, 2.24) is 0 Å². The number of carbonyl (C=O) groups is 1. The normalized spacial score (nSPS) is 31.4. The van der Waals surface area contributed by atoms with Crippen molar-refractivity contribution in [3.63, 3.8) is 0 Å². The molecule has 22 heavy (non-hydrogen) atoms. The Morgan fingerprint density at radius 1 is 1.36 bits per heavy atom. The summed E-state index contributed by atoms with van der Waals surface area (Å²) in [5.74, 6) is 2.42. The highest BCUT2D eigenvalue weighted by molar-refractivity contribution is 5.69. The number of fused-ring (bicyclic) bond motifs is 2. The molecule has 0 aromatic heterocycles. The van der Waals surface area contributed by atoms with E-state index in [1.54, 1.807) is 6.92 Å². The Morgan fingerprint density at radius 2 is 2.14 bits per heavy atom. The van der Waals surface area contributed by atoms with E-state index >= 15 is 0 Å². The summed E-state index contributed by atoms with van der Waals surface area (Å²) in [6, 6.07) is 0. The number of esters is 1. The van der Waals surface area contributed by atoms with Crippen molar-refractivity contribution >= 4 is 5.97 Å². The molecule has 2 bridgehead atoms. The lowest BCUT2D eigenvalue weighted by Crippen LogP contribution is -2.17. The summed E-state index contributed by atoms with van der Waals surface area (Å²) >= 11 is 0. The number of unbranched alkanes of at least 4 members (excludes halogenated alkanes) is 1. The van der Waals surface area contributed by atoms with Crippen LogP contribution in [0.4, 0.5) is 0 Å². The molecule has 0 amide bonds. The third-order valence-electron chi connectivity index (χ3n) is 4.85. The minimum absolute atomic E-state index is 0.130. The summed E-state index contributed by atoms with van der Waals surface area (Å²) in [6.07, 6.45) is 17.6. The van der Waals surface area contributed by atoms with Gasteiger partial charge in [-0.25, -0.2) is 0 Å². The zero-order chi connectivity index (χ0) is 15.9. The van der Waals surface area contributed by atoms with Crippen LogP contribution in [0.2, 0.25) is 0 Å². The molecule has 122 valence electrons. The number of allylic oxidation sites excluding steroid dienone is 5. The SMILES string of the molecule is COC(=O)CCC/C=C\CC1C(C=CC(C)O)[C@H]2C=C[C@H]1C2. The molecule has 1 fully saturated rings. The van der Waals surface area contributed by atoms with Crippen LogP contribution in [0.25, 0.3) is 0 Å². The molecule has 3 unspecified atom stereocenters. The van der Waals surface area contributed by atoms with Gasteiger partial charge in [-0.3, -0.25) is 4.79 Å². The molecule has 3 heteroatoms. The minimum Gasteiger partial charge on any atom is -0.469 e. The van der Waals surface area contributed by atoms with Crippen LogP contribution in [0, 0.1) is 23.7 Å². The van der Waals surface area contributed by atoms with Crippen molar-refractivity contribution in [2.75, 3.05) is 7.11 Å². The molecule has 0 aromatic carbocycles. The molecular weight excluding hydrogens is 276 g/mol. The molecule has 0 spiro atoms. The molecule has 0 saturated heterocycles.